The van der Waals surface area contributed by atoms with E-state index in [0.29, 0.717) is 59.4 Å². The number of nitrogens with zero attached hydrogens (tertiary/aromatic N) is 1. The molecule has 0 radical (unpaired) electrons. The Kier molecular flexibility index (Phi) is 7.79. The Morgan fingerprint density at radius 3 is 2.58 bits per heavy atom. The van der Waals surface area contributed by atoms with Gasteiger partial charge in [-0.2, -0.15) is 0 Å². The summed E-state index contributed by atoms with van der Waals surface area (Å²) in [6.45, 7) is 6.69. The molecule has 0 aliphatic heterocycles. The number of nitrogen functional groups attached to an aromatic ring is 1. The lowest BCUT2D eigenvalue weighted by Crippen LogP contribution is -2.13. The zero-order valence-electron chi connectivity index (χ0n) is 19.5. The van der Waals surface area contributed by atoms with Gasteiger partial charge in [-0.3, -0.25) is 4.79 Å². The summed E-state index contributed by atoms with van der Waals surface area (Å²) in [5.41, 5.74) is 11.8. The second-order valence-corrected chi connectivity index (χ2v) is 7.82. The summed E-state index contributed by atoms with van der Waals surface area (Å²) in [4.78, 5) is 17.4. The Balaban J connectivity index is 1.84. The first-order valence-corrected chi connectivity index (χ1v) is 10.8. The van der Waals surface area contributed by atoms with E-state index in [1.54, 1.807) is 13.2 Å². The monoisotopic (exact) mass is 446 g/mol. The first kappa shape index (κ1) is 23.9. The number of nitrogens with one attached hydrogen (secondary N) is 2. The van der Waals surface area contributed by atoms with E-state index in [0.717, 1.165) is 16.7 Å². The summed E-state index contributed by atoms with van der Waals surface area (Å²) < 4.78 is 10.7. The second-order valence-electron chi connectivity index (χ2n) is 7.82. The van der Waals surface area contributed by atoms with Gasteiger partial charge in [-0.25, -0.2) is 4.98 Å². The van der Waals surface area contributed by atoms with E-state index in [2.05, 4.69) is 10.3 Å². The summed E-state index contributed by atoms with van der Waals surface area (Å²) in [5, 5.41) is 11.0. The number of methoxy groups -OCH3 is 1. The normalized spacial score (nSPS) is 10.7. The summed E-state index contributed by atoms with van der Waals surface area (Å²) in [7, 11) is 1.61. The Hall–Kier alpha value is -3.71. The van der Waals surface area contributed by atoms with Gasteiger partial charge in [0.2, 0.25) is 0 Å². The van der Waals surface area contributed by atoms with E-state index in [9.17, 15) is 4.79 Å². The van der Waals surface area contributed by atoms with E-state index >= 15 is 0 Å². The van der Waals surface area contributed by atoms with E-state index < -0.39 is 0 Å². The number of rotatable bonds is 9. The molecule has 0 atom stereocenters. The number of carbonyl (C=O) groups is 1. The molecule has 1 heterocycles. The van der Waals surface area contributed by atoms with Gasteiger partial charge < -0.3 is 25.9 Å². The fourth-order valence-corrected chi connectivity index (χ4v) is 3.45. The first-order valence-electron chi connectivity index (χ1n) is 10.8. The Morgan fingerprint density at radius 2 is 1.88 bits per heavy atom. The lowest BCUT2D eigenvalue weighted by molar-refractivity contribution is 0.102. The molecule has 7 heteroatoms. The van der Waals surface area contributed by atoms with E-state index in [1.165, 1.54) is 0 Å². The average Bonchev–Trinajstić information content (AvgIpc) is 2.79. The summed E-state index contributed by atoms with van der Waals surface area (Å²) in [6, 6.07) is 14.8. The molecule has 0 fully saturated rings. The Morgan fingerprint density at radius 1 is 1.09 bits per heavy atom. The largest absolute Gasteiger partial charge is 0.491 e. The lowest BCUT2D eigenvalue weighted by atomic mass is 10.0. The van der Waals surface area contributed by atoms with Gasteiger partial charge in [-0.05, 0) is 73.9 Å². The number of nitrogens with two attached hydrogens (primary N) is 1. The standard InChI is InChI=1S/C26H30N4O3/c1-5-23(27)21-8-9-24(30-25(21)28)22-15-19(7-6-17(22)3)29-26(31)18-12-16(2)13-20(14-18)33-11-10-32-4/h6-9,12-15,27H,5,10-11H2,1-4H3,(H2,28,30)(H,29,31). The molecule has 1 aromatic heterocycles. The Labute approximate surface area is 194 Å². The molecule has 0 unspecified atom stereocenters. The van der Waals surface area contributed by atoms with Crippen LogP contribution in [0.25, 0.3) is 11.3 Å². The van der Waals surface area contributed by atoms with Crippen LogP contribution < -0.4 is 15.8 Å². The number of pyridine rings is 1. The average molecular weight is 447 g/mol. The number of ether oxygens (including phenoxy) is 2. The van der Waals surface area contributed by atoms with Crippen molar-refractivity contribution in [3.63, 3.8) is 0 Å². The molecular weight excluding hydrogens is 416 g/mol. The maximum atomic E-state index is 12.9. The zero-order chi connectivity index (χ0) is 24.0. The fraction of sp³-hybridized carbons (Fsp3) is 0.269. The third-order valence-electron chi connectivity index (χ3n) is 5.24. The SMILES string of the molecule is CCC(=N)c1ccc(-c2cc(NC(=O)c3cc(C)cc(OCCOC)c3)ccc2C)nc1N. The quantitative estimate of drug-likeness (QED) is 0.316. The van der Waals surface area contributed by atoms with Crippen molar-refractivity contribution >= 4 is 23.1 Å². The minimum absolute atomic E-state index is 0.232. The van der Waals surface area contributed by atoms with Crippen LogP contribution in [-0.2, 0) is 4.74 Å². The van der Waals surface area contributed by atoms with Crippen LogP contribution in [-0.4, -0.2) is 36.9 Å². The third kappa shape index (κ3) is 5.96. The number of hydrogen-bond acceptors (Lipinski definition) is 6. The molecule has 0 aliphatic rings. The van der Waals surface area contributed by atoms with Crippen molar-refractivity contribution in [1.82, 2.24) is 4.98 Å². The maximum Gasteiger partial charge on any atom is 0.255 e. The molecule has 3 rings (SSSR count). The van der Waals surface area contributed by atoms with Gasteiger partial charge in [0.05, 0.1) is 12.3 Å². The van der Waals surface area contributed by atoms with Crippen LogP contribution in [0.3, 0.4) is 0 Å². The van der Waals surface area contributed by atoms with Gasteiger partial charge in [0.25, 0.3) is 5.91 Å². The van der Waals surface area contributed by atoms with Crippen LogP contribution in [0.2, 0.25) is 0 Å². The minimum Gasteiger partial charge on any atom is -0.491 e. The molecule has 0 spiro atoms. The molecule has 33 heavy (non-hydrogen) atoms. The van der Waals surface area contributed by atoms with E-state index in [1.807, 2.05) is 63.2 Å². The molecule has 0 aliphatic carbocycles. The molecule has 0 saturated heterocycles. The smallest absolute Gasteiger partial charge is 0.255 e. The predicted octanol–water partition coefficient (Wildman–Crippen LogP) is 5.00. The number of aromatic nitrogens is 1. The van der Waals surface area contributed by atoms with Crippen molar-refractivity contribution in [2.75, 3.05) is 31.4 Å². The van der Waals surface area contributed by atoms with Crippen molar-refractivity contribution in [2.45, 2.75) is 27.2 Å². The third-order valence-corrected chi connectivity index (χ3v) is 5.24. The molecular formula is C26H30N4O3. The van der Waals surface area contributed by atoms with Gasteiger partial charge in [-0.1, -0.05) is 13.0 Å². The number of benzene rings is 2. The van der Waals surface area contributed by atoms with E-state index in [-0.39, 0.29) is 5.91 Å². The Bertz CT molecular complexity index is 1170. The highest BCUT2D eigenvalue weighted by atomic mass is 16.5. The maximum absolute atomic E-state index is 12.9. The highest BCUT2D eigenvalue weighted by Crippen LogP contribution is 2.28. The van der Waals surface area contributed by atoms with Gasteiger partial charge in [0.1, 0.15) is 18.2 Å². The molecule has 3 aromatic rings. The predicted molar refractivity (Wildman–Crippen MR) is 132 cm³/mol. The molecule has 1 amide bonds. The molecule has 0 bridgehead atoms. The summed E-state index contributed by atoms with van der Waals surface area (Å²) >= 11 is 0. The van der Waals surface area contributed by atoms with Crippen molar-refractivity contribution in [3.05, 3.63) is 70.8 Å². The van der Waals surface area contributed by atoms with Crippen molar-refractivity contribution < 1.29 is 14.3 Å². The molecule has 0 saturated carbocycles. The number of carbonyl (C=O) groups excluding carboxylic acids is 1. The topological polar surface area (TPSA) is 110 Å². The molecule has 172 valence electrons. The van der Waals surface area contributed by atoms with Gasteiger partial charge in [-0.15, -0.1) is 0 Å². The highest BCUT2D eigenvalue weighted by Gasteiger charge is 2.13. The highest BCUT2D eigenvalue weighted by molar-refractivity contribution is 6.05. The van der Waals surface area contributed by atoms with Crippen molar-refractivity contribution in [3.8, 4) is 17.0 Å². The van der Waals surface area contributed by atoms with Gasteiger partial charge in [0.15, 0.2) is 0 Å². The summed E-state index contributed by atoms with van der Waals surface area (Å²) in [6.07, 6.45) is 0.587. The number of amides is 1. The summed E-state index contributed by atoms with van der Waals surface area (Å²) in [5.74, 6) is 0.720. The number of anilines is 2. The number of aryl methyl sites for hydroxylation is 2. The lowest BCUT2D eigenvalue weighted by Gasteiger charge is -2.13. The van der Waals surface area contributed by atoms with E-state index in [4.69, 9.17) is 20.6 Å². The van der Waals surface area contributed by atoms with Crippen LogP contribution in [0.15, 0.2) is 48.5 Å². The van der Waals surface area contributed by atoms with Gasteiger partial charge >= 0.3 is 0 Å². The number of hydrogen-bond donors (Lipinski definition) is 3. The minimum atomic E-state index is -0.232. The van der Waals surface area contributed by atoms with Crippen LogP contribution in [0.5, 0.6) is 5.75 Å². The first-order chi connectivity index (χ1) is 15.8. The molecule has 2 aromatic carbocycles. The van der Waals surface area contributed by atoms with Crippen LogP contribution in [0, 0.1) is 19.3 Å². The second kappa shape index (κ2) is 10.7. The van der Waals surface area contributed by atoms with Crippen molar-refractivity contribution in [2.24, 2.45) is 0 Å². The van der Waals surface area contributed by atoms with Crippen LogP contribution in [0.4, 0.5) is 11.5 Å². The molecule has 7 nitrogen and oxygen atoms in total. The van der Waals surface area contributed by atoms with Crippen molar-refractivity contribution in [1.29, 1.82) is 5.41 Å². The van der Waals surface area contributed by atoms with Crippen LogP contribution >= 0.6 is 0 Å². The van der Waals surface area contributed by atoms with Gasteiger partial charge in [0, 0.05) is 35.2 Å². The fourth-order valence-electron chi connectivity index (χ4n) is 3.45. The zero-order valence-corrected chi connectivity index (χ0v) is 19.5. The van der Waals surface area contributed by atoms with Crippen LogP contribution in [0.1, 0.15) is 40.4 Å². The molecule has 4 N–H and O–H groups in total.